The topological polar surface area (TPSA) is 45.2 Å². The molecule has 1 fully saturated rings. The molecule has 0 bridgehead atoms. The number of hydrogen-bond donors (Lipinski definition) is 1. The van der Waals surface area contributed by atoms with Crippen LogP contribution in [0.4, 0.5) is 0 Å². The van der Waals surface area contributed by atoms with Crippen LogP contribution in [0.25, 0.3) is 0 Å². The van der Waals surface area contributed by atoms with Crippen LogP contribution in [0.2, 0.25) is 5.15 Å². The number of nitrogens with zero attached hydrogens (tertiary/aromatic N) is 2. The number of hydrogen-bond acceptors (Lipinski definition) is 3. The highest BCUT2D eigenvalue weighted by Gasteiger charge is 2.30. The Kier molecular flexibility index (Phi) is 4.73. The van der Waals surface area contributed by atoms with E-state index >= 15 is 0 Å². The molecule has 1 aliphatic carbocycles. The molecule has 0 radical (unpaired) electrons. The van der Waals surface area contributed by atoms with Gasteiger partial charge in [0.1, 0.15) is 5.15 Å². The van der Waals surface area contributed by atoms with Crippen LogP contribution in [0.1, 0.15) is 34.3 Å². The average molecular weight is 356 g/mol. The first-order valence-corrected chi connectivity index (χ1v) is 9.30. The van der Waals surface area contributed by atoms with E-state index in [1.54, 1.807) is 18.3 Å². The van der Waals surface area contributed by atoms with Gasteiger partial charge in [0.2, 0.25) is 0 Å². The minimum atomic E-state index is -0.0640. The van der Waals surface area contributed by atoms with E-state index in [1.165, 1.54) is 11.1 Å². The van der Waals surface area contributed by atoms with Crippen LogP contribution in [0.15, 0.2) is 42.6 Å². The van der Waals surface area contributed by atoms with Crippen LogP contribution >= 0.6 is 11.6 Å². The van der Waals surface area contributed by atoms with Crippen LogP contribution in [0.5, 0.6) is 0 Å². The number of carbonyl (C=O) groups is 1. The number of amides is 1. The van der Waals surface area contributed by atoms with Crippen LogP contribution in [0, 0.1) is 0 Å². The van der Waals surface area contributed by atoms with E-state index in [-0.39, 0.29) is 11.9 Å². The zero-order valence-corrected chi connectivity index (χ0v) is 14.9. The molecule has 1 aliphatic heterocycles. The van der Waals surface area contributed by atoms with Gasteiger partial charge in [-0.25, -0.2) is 4.98 Å². The summed E-state index contributed by atoms with van der Waals surface area (Å²) < 4.78 is 0. The third-order valence-corrected chi connectivity index (χ3v) is 5.53. The Labute approximate surface area is 153 Å². The standard InChI is InChI=1S/C20H22ClN3O/c21-19-12-16(7-8-22-19)20(25)23-17-6-3-9-24(13-17)18-10-14-4-1-2-5-15(14)11-18/h1-2,4-5,7-8,12,17-18H,3,6,9-11,13H2,(H,23,25). The second-order valence-electron chi connectivity index (χ2n) is 7.01. The number of rotatable bonds is 3. The van der Waals surface area contributed by atoms with Crippen LogP contribution < -0.4 is 5.32 Å². The highest BCUT2D eigenvalue weighted by Crippen LogP contribution is 2.27. The Morgan fingerprint density at radius 2 is 1.96 bits per heavy atom. The van der Waals surface area contributed by atoms with Crippen molar-refractivity contribution in [1.82, 2.24) is 15.2 Å². The van der Waals surface area contributed by atoms with E-state index in [0.29, 0.717) is 16.8 Å². The molecule has 1 aromatic carbocycles. The van der Waals surface area contributed by atoms with Crippen molar-refractivity contribution >= 4 is 17.5 Å². The summed E-state index contributed by atoms with van der Waals surface area (Å²) in [6.45, 7) is 2.04. The van der Waals surface area contributed by atoms with Crippen LogP contribution in [-0.4, -0.2) is 41.0 Å². The lowest BCUT2D eigenvalue weighted by molar-refractivity contribution is 0.0876. The molecule has 5 heteroatoms. The fourth-order valence-corrected chi connectivity index (χ4v) is 4.24. The number of aromatic nitrogens is 1. The third kappa shape index (κ3) is 3.70. The molecule has 1 unspecified atom stereocenters. The Morgan fingerprint density at radius 3 is 2.68 bits per heavy atom. The van der Waals surface area contributed by atoms with Crippen molar-refractivity contribution in [3.8, 4) is 0 Å². The minimum Gasteiger partial charge on any atom is -0.348 e. The summed E-state index contributed by atoms with van der Waals surface area (Å²) in [4.78, 5) is 18.9. The van der Waals surface area contributed by atoms with Gasteiger partial charge >= 0.3 is 0 Å². The highest BCUT2D eigenvalue weighted by molar-refractivity contribution is 6.29. The Morgan fingerprint density at radius 1 is 1.20 bits per heavy atom. The maximum Gasteiger partial charge on any atom is 0.251 e. The average Bonchev–Trinajstić information content (AvgIpc) is 3.06. The largest absolute Gasteiger partial charge is 0.348 e. The van der Waals surface area contributed by atoms with Crippen molar-refractivity contribution in [2.75, 3.05) is 13.1 Å². The van der Waals surface area contributed by atoms with Crippen molar-refractivity contribution in [3.05, 3.63) is 64.4 Å². The normalized spacial score (nSPS) is 21.1. The molecule has 2 aliphatic rings. The third-order valence-electron chi connectivity index (χ3n) is 5.32. The van der Waals surface area contributed by atoms with Gasteiger partial charge in [0.05, 0.1) is 0 Å². The fourth-order valence-electron chi connectivity index (χ4n) is 4.06. The Bertz CT molecular complexity index is 754. The molecule has 2 aromatic rings. The summed E-state index contributed by atoms with van der Waals surface area (Å²) in [6.07, 6.45) is 5.96. The number of fused-ring (bicyclic) bond motifs is 1. The van der Waals surface area contributed by atoms with Gasteiger partial charge in [-0.15, -0.1) is 0 Å². The molecule has 1 atom stereocenters. The second kappa shape index (κ2) is 7.14. The monoisotopic (exact) mass is 355 g/mol. The van der Waals surface area contributed by atoms with Gasteiger partial charge in [0.15, 0.2) is 0 Å². The molecular formula is C20H22ClN3O. The molecule has 2 heterocycles. The van der Waals surface area contributed by atoms with Gasteiger partial charge in [-0.05, 0) is 55.5 Å². The molecule has 1 saturated heterocycles. The van der Waals surface area contributed by atoms with Crippen molar-refractivity contribution in [2.24, 2.45) is 0 Å². The summed E-state index contributed by atoms with van der Waals surface area (Å²) >= 11 is 5.89. The second-order valence-corrected chi connectivity index (χ2v) is 7.39. The maximum absolute atomic E-state index is 12.5. The first kappa shape index (κ1) is 16.6. The van der Waals surface area contributed by atoms with Gasteiger partial charge in [-0.3, -0.25) is 9.69 Å². The number of benzene rings is 1. The maximum atomic E-state index is 12.5. The van der Waals surface area contributed by atoms with Crippen LogP contribution in [-0.2, 0) is 12.8 Å². The quantitative estimate of drug-likeness (QED) is 0.860. The van der Waals surface area contributed by atoms with Gasteiger partial charge in [-0.2, -0.15) is 0 Å². The van der Waals surface area contributed by atoms with Gasteiger partial charge in [0.25, 0.3) is 5.91 Å². The minimum absolute atomic E-state index is 0.0640. The molecule has 130 valence electrons. The van der Waals surface area contributed by atoms with Gasteiger partial charge in [-0.1, -0.05) is 35.9 Å². The van der Waals surface area contributed by atoms with E-state index in [0.717, 1.165) is 38.8 Å². The SMILES string of the molecule is O=C(NC1CCCN(C2Cc3ccccc3C2)C1)c1ccnc(Cl)c1. The predicted molar refractivity (Wildman–Crippen MR) is 98.9 cm³/mol. The van der Waals surface area contributed by atoms with Crippen molar-refractivity contribution in [1.29, 1.82) is 0 Å². The van der Waals surface area contributed by atoms with E-state index in [9.17, 15) is 4.79 Å². The number of likely N-dealkylation sites (tertiary alicyclic amines) is 1. The number of pyridine rings is 1. The number of nitrogens with one attached hydrogen (secondary N) is 1. The molecule has 1 amide bonds. The predicted octanol–water partition coefficient (Wildman–Crippen LogP) is 3.10. The van der Waals surface area contributed by atoms with E-state index in [4.69, 9.17) is 11.6 Å². The molecule has 1 N–H and O–H groups in total. The first-order valence-electron chi connectivity index (χ1n) is 8.92. The van der Waals surface area contributed by atoms with Crippen LogP contribution in [0.3, 0.4) is 0 Å². The smallest absolute Gasteiger partial charge is 0.251 e. The lowest BCUT2D eigenvalue weighted by atomic mass is 10.0. The summed E-state index contributed by atoms with van der Waals surface area (Å²) in [7, 11) is 0. The molecule has 4 nitrogen and oxygen atoms in total. The highest BCUT2D eigenvalue weighted by atomic mass is 35.5. The molecular weight excluding hydrogens is 334 g/mol. The van der Waals surface area contributed by atoms with Crippen molar-refractivity contribution in [3.63, 3.8) is 0 Å². The molecule has 4 rings (SSSR count). The van der Waals surface area contributed by atoms with E-state index in [2.05, 4.69) is 39.5 Å². The van der Waals surface area contributed by atoms with E-state index < -0.39 is 0 Å². The lowest BCUT2D eigenvalue weighted by Crippen LogP contribution is -2.51. The Balaban J connectivity index is 1.38. The van der Waals surface area contributed by atoms with Gasteiger partial charge in [0, 0.05) is 30.4 Å². The summed E-state index contributed by atoms with van der Waals surface area (Å²) in [6, 6.07) is 12.8. The number of piperidine rings is 1. The number of halogens is 1. The zero-order valence-electron chi connectivity index (χ0n) is 14.1. The summed E-state index contributed by atoms with van der Waals surface area (Å²) in [5.41, 5.74) is 3.53. The van der Waals surface area contributed by atoms with E-state index in [1.807, 2.05) is 0 Å². The number of carbonyl (C=O) groups excluding carboxylic acids is 1. The van der Waals surface area contributed by atoms with Crippen molar-refractivity contribution in [2.45, 2.75) is 37.8 Å². The summed E-state index contributed by atoms with van der Waals surface area (Å²) in [5, 5.41) is 3.52. The molecule has 1 aromatic heterocycles. The summed E-state index contributed by atoms with van der Waals surface area (Å²) in [5.74, 6) is -0.0640. The zero-order chi connectivity index (χ0) is 17.2. The molecule has 25 heavy (non-hydrogen) atoms. The Hall–Kier alpha value is -1.91. The van der Waals surface area contributed by atoms with Crippen molar-refractivity contribution < 1.29 is 4.79 Å². The molecule has 0 saturated carbocycles. The lowest BCUT2D eigenvalue weighted by Gasteiger charge is -2.37. The molecule has 0 spiro atoms. The first-order chi connectivity index (χ1) is 12.2. The fraction of sp³-hybridized carbons (Fsp3) is 0.400. The van der Waals surface area contributed by atoms with Gasteiger partial charge < -0.3 is 5.32 Å².